The molecule has 1 atom stereocenters. The fourth-order valence-corrected chi connectivity index (χ4v) is 4.46. The number of aryl methyl sites for hydroxylation is 1. The quantitative estimate of drug-likeness (QED) is 0.319. The number of nitrogens with two attached hydrogens (primary N) is 2. The number of halogens is 1. The fourth-order valence-electron chi connectivity index (χ4n) is 4.46. The molecule has 3 aromatic rings. The van der Waals surface area contributed by atoms with E-state index >= 15 is 0 Å². The highest BCUT2D eigenvalue weighted by Gasteiger charge is 2.34. The van der Waals surface area contributed by atoms with E-state index in [1.54, 1.807) is 12.1 Å². The van der Waals surface area contributed by atoms with Crippen molar-refractivity contribution in [1.82, 2.24) is 0 Å². The van der Waals surface area contributed by atoms with Crippen molar-refractivity contribution in [3.63, 3.8) is 0 Å². The van der Waals surface area contributed by atoms with Crippen molar-refractivity contribution in [1.29, 1.82) is 0 Å². The van der Waals surface area contributed by atoms with Crippen LogP contribution in [-0.2, 0) is 12.8 Å². The normalized spacial score (nSPS) is 16.9. The number of carboxylic acids is 1. The van der Waals surface area contributed by atoms with Crippen molar-refractivity contribution >= 4 is 40.8 Å². The number of hydrogen-bond acceptors (Lipinski definition) is 4. The highest BCUT2D eigenvalue weighted by molar-refractivity contribution is 5.96. The van der Waals surface area contributed by atoms with Gasteiger partial charge in [-0.15, -0.1) is 12.4 Å². The predicted molar refractivity (Wildman–Crippen MR) is 132 cm³/mol. The number of phenolic OH excluding ortho intramolecular Hbond substituents is 1. The van der Waals surface area contributed by atoms with Gasteiger partial charge in [0, 0.05) is 16.3 Å². The molecule has 174 valence electrons. The van der Waals surface area contributed by atoms with E-state index in [0.717, 1.165) is 40.5 Å². The summed E-state index contributed by atoms with van der Waals surface area (Å²) in [5.74, 6) is 0.0312. The lowest BCUT2D eigenvalue weighted by atomic mass is 9.84. The summed E-state index contributed by atoms with van der Waals surface area (Å²) in [6.45, 7) is 3.97. The van der Waals surface area contributed by atoms with Gasteiger partial charge in [-0.2, -0.15) is 0 Å². The lowest BCUT2D eigenvalue weighted by Gasteiger charge is -2.37. The minimum atomic E-state index is -0.992. The molecule has 0 spiro atoms. The first-order chi connectivity index (χ1) is 15.2. The molecule has 6 N–H and O–H groups in total. The van der Waals surface area contributed by atoms with Crippen LogP contribution in [0.2, 0.25) is 0 Å². The Hall–Kier alpha value is -3.45. The lowest BCUT2D eigenvalue weighted by Crippen LogP contribution is -2.37. The molecule has 3 aromatic carbocycles. The van der Waals surface area contributed by atoms with Gasteiger partial charge in [-0.25, -0.2) is 9.79 Å². The molecular formula is C25H28ClN3O4. The Kier molecular flexibility index (Phi) is 6.74. The van der Waals surface area contributed by atoms with E-state index in [0.29, 0.717) is 29.8 Å². The van der Waals surface area contributed by atoms with Crippen LogP contribution in [0.15, 0.2) is 47.5 Å². The summed E-state index contributed by atoms with van der Waals surface area (Å²) >= 11 is 0. The van der Waals surface area contributed by atoms with E-state index in [9.17, 15) is 15.0 Å². The fraction of sp³-hybridized carbons (Fsp3) is 0.280. The van der Waals surface area contributed by atoms with Gasteiger partial charge in [0.1, 0.15) is 17.1 Å². The van der Waals surface area contributed by atoms with Gasteiger partial charge in [0.15, 0.2) is 5.96 Å². The number of nitrogens with zero attached hydrogens (tertiary/aromatic N) is 1. The minimum absolute atomic E-state index is 0. The van der Waals surface area contributed by atoms with Crippen molar-refractivity contribution in [2.75, 3.05) is 0 Å². The number of hydrogen-bond donors (Lipinski definition) is 4. The van der Waals surface area contributed by atoms with E-state index in [4.69, 9.17) is 16.2 Å². The molecule has 1 heterocycles. The zero-order valence-electron chi connectivity index (χ0n) is 18.6. The van der Waals surface area contributed by atoms with Gasteiger partial charge in [0.25, 0.3) is 0 Å². The van der Waals surface area contributed by atoms with E-state index in [1.165, 1.54) is 6.07 Å². The van der Waals surface area contributed by atoms with Crippen LogP contribution in [0, 0.1) is 6.92 Å². The summed E-state index contributed by atoms with van der Waals surface area (Å²) in [5.41, 5.74) is 13.7. The second-order valence-corrected chi connectivity index (χ2v) is 8.56. The highest BCUT2D eigenvalue weighted by atomic mass is 35.5. The van der Waals surface area contributed by atoms with Crippen LogP contribution in [0.5, 0.6) is 11.5 Å². The second kappa shape index (κ2) is 9.19. The predicted octanol–water partition coefficient (Wildman–Crippen LogP) is 4.60. The van der Waals surface area contributed by atoms with Gasteiger partial charge in [-0.05, 0) is 68.9 Å². The summed E-state index contributed by atoms with van der Waals surface area (Å²) in [6.07, 6.45) is 2.65. The SMILES string of the molecule is Cc1c2c(c3ccccc3c1O)OC(C)(CCc1cc(N=C(N)N)ccc1C(=O)O)CC2.Cl. The van der Waals surface area contributed by atoms with Gasteiger partial charge in [0.2, 0.25) is 0 Å². The molecule has 0 bridgehead atoms. The van der Waals surface area contributed by atoms with Crippen LogP contribution in [0.3, 0.4) is 0 Å². The zero-order chi connectivity index (χ0) is 23.0. The van der Waals surface area contributed by atoms with E-state index < -0.39 is 11.6 Å². The molecule has 1 aliphatic heterocycles. The number of fused-ring (bicyclic) bond motifs is 3. The molecule has 8 heteroatoms. The van der Waals surface area contributed by atoms with Crippen molar-refractivity contribution in [2.45, 2.75) is 45.1 Å². The van der Waals surface area contributed by atoms with Crippen LogP contribution < -0.4 is 16.2 Å². The first-order valence-corrected chi connectivity index (χ1v) is 10.6. The van der Waals surface area contributed by atoms with Gasteiger partial charge in [0.05, 0.1) is 11.3 Å². The molecule has 1 unspecified atom stereocenters. The Morgan fingerprint density at radius 3 is 2.55 bits per heavy atom. The Morgan fingerprint density at radius 1 is 1.18 bits per heavy atom. The molecule has 0 saturated heterocycles. The molecule has 0 amide bonds. The maximum absolute atomic E-state index is 11.7. The summed E-state index contributed by atoms with van der Waals surface area (Å²) in [4.78, 5) is 15.8. The van der Waals surface area contributed by atoms with Crippen LogP contribution in [0.25, 0.3) is 10.8 Å². The summed E-state index contributed by atoms with van der Waals surface area (Å²) in [5, 5.41) is 21.9. The van der Waals surface area contributed by atoms with Crippen LogP contribution in [0.4, 0.5) is 5.69 Å². The van der Waals surface area contributed by atoms with Gasteiger partial charge >= 0.3 is 5.97 Å². The van der Waals surface area contributed by atoms with Gasteiger partial charge < -0.3 is 26.4 Å². The third-order valence-electron chi connectivity index (χ3n) is 6.26. The van der Waals surface area contributed by atoms with Crippen LogP contribution in [-0.4, -0.2) is 27.7 Å². The molecular weight excluding hydrogens is 442 g/mol. The number of aromatic carboxylic acids is 1. The number of aromatic hydroxyl groups is 1. The number of carbonyl (C=O) groups is 1. The molecule has 0 saturated carbocycles. The Labute approximate surface area is 198 Å². The Balaban J connectivity index is 0.00000306. The Bertz CT molecular complexity index is 1250. The van der Waals surface area contributed by atoms with Gasteiger partial charge in [-0.1, -0.05) is 24.3 Å². The summed E-state index contributed by atoms with van der Waals surface area (Å²) in [6, 6.07) is 12.5. The topological polar surface area (TPSA) is 131 Å². The summed E-state index contributed by atoms with van der Waals surface area (Å²) in [7, 11) is 0. The number of phenols is 1. The number of ether oxygens (including phenoxy) is 1. The molecule has 0 aromatic heterocycles. The van der Waals surface area contributed by atoms with Crippen molar-refractivity contribution in [3.8, 4) is 11.5 Å². The molecule has 33 heavy (non-hydrogen) atoms. The van der Waals surface area contributed by atoms with Crippen molar-refractivity contribution in [3.05, 3.63) is 64.7 Å². The number of carboxylic acid groups (broad SMARTS) is 1. The maximum atomic E-state index is 11.7. The number of benzene rings is 3. The number of rotatable bonds is 5. The zero-order valence-corrected chi connectivity index (χ0v) is 19.4. The molecule has 4 rings (SSSR count). The highest BCUT2D eigenvalue weighted by Crippen LogP contribution is 2.46. The van der Waals surface area contributed by atoms with Crippen molar-refractivity contribution in [2.24, 2.45) is 16.5 Å². The monoisotopic (exact) mass is 469 g/mol. The Morgan fingerprint density at radius 2 is 1.88 bits per heavy atom. The van der Waals surface area contributed by atoms with Crippen molar-refractivity contribution < 1.29 is 19.7 Å². The van der Waals surface area contributed by atoms with Crippen LogP contribution >= 0.6 is 12.4 Å². The molecule has 0 radical (unpaired) electrons. The van der Waals surface area contributed by atoms with Crippen LogP contribution in [0.1, 0.15) is 46.8 Å². The van der Waals surface area contributed by atoms with E-state index in [-0.39, 0.29) is 23.9 Å². The second-order valence-electron chi connectivity index (χ2n) is 8.56. The molecule has 7 nitrogen and oxygen atoms in total. The largest absolute Gasteiger partial charge is 0.507 e. The molecule has 0 fully saturated rings. The standard InChI is InChI=1S/C25H27N3O4.ClH/c1-14-17-10-12-25(2,32-22(17)20-6-4-3-5-19(20)21(14)29)11-9-15-13-16(28-24(26)27)7-8-18(15)23(30)31;/h3-8,13,29H,9-12H2,1-2H3,(H,30,31)(H4,26,27,28);1H. The average Bonchev–Trinajstić information content (AvgIpc) is 2.75. The first kappa shape index (κ1) is 24.2. The van der Waals surface area contributed by atoms with E-state index in [2.05, 4.69) is 4.99 Å². The van der Waals surface area contributed by atoms with Gasteiger partial charge in [-0.3, -0.25) is 0 Å². The number of aliphatic imine (C=N–C) groups is 1. The minimum Gasteiger partial charge on any atom is -0.507 e. The smallest absolute Gasteiger partial charge is 0.335 e. The molecule has 1 aliphatic rings. The third kappa shape index (κ3) is 4.68. The average molecular weight is 470 g/mol. The van der Waals surface area contributed by atoms with E-state index in [1.807, 2.05) is 38.1 Å². The lowest BCUT2D eigenvalue weighted by molar-refractivity contribution is 0.0575. The summed E-state index contributed by atoms with van der Waals surface area (Å²) < 4.78 is 6.56. The maximum Gasteiger partial charge on any atom is 0.335 e. The first-order valence-electron chi connectivity index (χ1n) is 10.6. The number of guanidine groups is 1. The third-order valence-corrected chi connectivity index (χ3v) is 6.26. The molecule has 0 aliphatic carbocycles.